The van der Waals surface area contributed by atoms with Crippen LogP contribution in [0.2, 0.25) is 0 Å². The minimum absolute atomic E-state index is 0.344. The van der Waals surface area contributed by atoms with E-state index in [1.165, 1.54) is 9.54 Å². The zero-order chi connectivity index (χ0) is 20.9. The van der Waals surface area contributed by atoms with Crippen LogP contribution in [0.1, 0.15) is 23.1 Å². The van der Waals surface area contributed by atoms with Crippen molar-refractivity contribution in [1.29, 1.82) is 0 Å². The van der Waals surface area contributed by atoms with Gasteiger partial charge in [-0.2, -0.15) is 0 Å². The molecule has 1 N–H and O–H groups in total. The number of hydrogen-bond donors (Lipinski definition) is 1. The Balaban J connectivity index is 1.82. The Morgan fingerprint density at radius 1 is 1.03 bits per heavy atom. The largest absolute Gasteiger partial charge is 0.351 e. The molecule has 2 aromatic carbocycles. The molecule has 1 aliphatic rings. The number of aromatic nitrogens is 2. The SMILES string of the molecule is CNCc1cn(S(=O)(=O)c2cccc3c2ccn3C)c2c1CCCc1ccccc1-2. The molecule has 0 unspecified atom stereocenters. The summed E-state index contributed by atoms with van der Waals surface area (Å²) in [5.74, 6) is 0. The lowest BCUT2D eigenvalue weighted by Gasteiger charge is -2.14. The third-order valence-corrected chi connectivity index (χ3v) is 7.82. The molecule has 0 amide bonds. The van der Waals surface area contributed by atoms with Crippen molar-refractivity contribution in [3.05, 3.63) is 77.6 Å². The van der Waals surface area contributed by atoms with Gasteiger partial charge in [0, 0.05) is 42.5 Å². The van der Waals surface area contributed by atoms with Gasteiger partial charge in [-0.15, -0.1) is 0 Å². The summed E-state index contributed by atoms with van der Waals surface area (Å²) in [5.41, 5.74) is 6.15. The van der Waals surface area contributed by atoms with Crippen LogP contribution in [-0.4, -0.2) is 24.0 Å². The van der Waals surface area contributed by atoms with E-state index in [4.69, 9.17) is 0 Å². The van der Waals surface area contributed by atoms with Gasteiger partial charge in [-0.25, -0.2) is 12.4 Å². The van der Waals surface area contributed by atoms with Gasteiger partial charge in [0.1, 0.15) is 0 Å². The van der Waals surface area contributed by atoms with E-state index < -0.39 is 10.0 Å². The van der Waals surface area contributed by atoms with Gasteiger partial charge in [0.2, 0.25) is 0 Å². The Morgan fingerprint density at radius 3 is 2.70 bits per heavy atom. The van der Waals surface area contributed by atoms with Gasteiger partial charge in [-0.3, -0.25) is 0 Å². The van der Waals surface area contributed by atoms with E-state index in [9.17, 15) is 8.42 Å². The minimum atomic E-state index is -3.77. The molecule has 0 radical (unpaired) electrons. The van der Waals surface area contributed by atoms with Crippen LogP contribution in [0.15, 0.2) is 65.8 Å². The van der Waals surface area contributed by atoms with E-state index in [0.29, 0.717) is 11.4 Å². The fraction of sp³-hybridized carbons (Fsp3) is 0.250. The molecule has 2 aromatic heterocycles. The molecule has 0 aliphatic heterocycles. The Bertz CT molecular complexity index is 1360. The van der Waals surface area contributed by atoms with E-state index >= 15 is 0 Å². The highest BCUT2D eigenvalue weighted by molar-refractivity contribution is 7.90. The smallest absolute Gasteiger partial charge is 0.268 e. The van der Waals surface area contributed by atoms with Gasteiger partial charge in [0.25, 0.3) is 10.0 Å². The van der Waals surface area contributed by atoms with Crippen LogP contribution in [0.3, 0.4) is 0 Å². The van der Waals surface area contributed by atoms with Crippen molar-refractivity contribution in [2.24, 2.45) is 7.05 Å². The zero-order valence-electron chi connectivity index (χ0n) is 17.2. The van der Waals surface area contributed by atoms with E-state index in [2.05, 4.69) is 17.4 Å². The van der Waals surface area contributed by atoms with Gasteiger partial charge >= 0.3 is 0 Å². The second-order valence-corrected chi connectivity index (χ2v) is 9.72. The quantitative estimate of drug-likeness (QED) is 0.542. The van der Waals surface area contributed by atoms with Crippen molar-refractivity contribution in [1.82, 2.24) is 13.9 Å². The molecule has 0 saturated carbocycles. The lowest BCUT2D eigenvalue weighted by Crippen LogP contribution is -2.14. The van der Waals surface area contributed by atoms with Crippen molar-refractivity contribution >= 4 is 20.9 Å². The molecule has 0 bridgehead atoms. The van der Waals surface area contributed by atoms with Crippen molar-refractivity contribution in [2.45, 2.75) is 30.7 Å². The highest BCUT2D eigenvalue weighted by Crippen LogP contribution is 2.38. The average Bonchev–Trinajstić information content (AvgIpc) is 3.24. The Labute approximate surface area is 177 Å². The number of nitrogens with one attached hydrogen (secondary N) is 1. The molecule has 4 aromatic rings. The third-order valence-electron chi connectivity index (χ3n) is 6.10. The van der Waals surface area contributed by atoms with E-state index in [1.54, 1.807) is 6.07 Å². The Morgan fingerprint density at radius 2 is 1.87 bits per heavy atom. The molecule has 0 spiro atoms. The van der Waals surface area contributed by atoms with Crippen LogP contribution in [0.25, 0.3) is 22.2 Å². The molecule has 6 heteroatoms. The first kappa shape index (κ1) is 19.2. The van der Waals surface area contributed by atoms with E-state index in [-0.39, 0.29) is 0 Å². The van der Waals surface area contributed by atoms with Crippen molar-refractivity contribution in [3.8, 4) is 11.3 Å². The average molecular weight is 420 g/mol. The summed E-state index contributed by atoms with van der Waals surface area (Å²) in [5, 5.41) is 3.95. The molecule has 154 valence electrons. The fourth-order valence-electron chi connectivity index (χ4n) is 4.69. The molecule has 5 nitrogen and oxygen atoms in total. The molecule has 5 rings (SSSR count). The van der Waals surface area contributed by atoms with Crippen LogP contribution >= 0.6 is 0 Å². The monoisotopic (exact) mass is 419 g/mol. The normalized spacial score (nSPS) is 13.8. The molecule has 0 saturated heterocycles. The number of fused-ring (bicyclic) bond motifs is 4. The number of aryl methyl sites for hydroxylation is 2. The van der Waals surface area contributed by atoms with Crippen LogP contribution < -0.4 is 5.32 Å². The van der Waals surface area contributed by atoms with Crippen molar-refractivity contribution < 1.29 is 8.42 Å². The predicted molar refractivity (Wildman–Crippen MR) is 120 cm³/mol. The van der Waals surface area contributed by atoms with Crippen molar-refractivity contribution in [2.75, 3.05) is 7.05 Å². The van der Waals surface area contributed by atoms with Gasteiger partial charge < -0.3 is 9.88 Å². The van der Waals surface area contributed by atoms with Crippen LogP contribution in [-0.2, 0) is 36.5 Å². The van der Waals surface area contributed by atoms with Crippen LogP contribution in [0.5, 0.6) is 0 Å². The minimum Gasteiger partial charge on any atom is -0.351 e. The summed E-state index contributed by atoms with van der Waals surface area (Å²) in [6.45, 7) is 0.641. The number of hydrogen-bond acceptors (Lipinski definition) is 3. The molecule has 0 atom stereocenters. The summed E-state index contributed by atoms with van der Waals surface area (Å²) in [6, 6.07) is 15.6. The van der Waals surface area contributed by atoms with Crippen LogP contribution in [0, 0.1) is 0 Å². The molecule has 0 fully saturated rings. The maximum absolute atomic E-state index is 14.0. The Kier molecular flexibility index (Phi) is 4.56. The maximum Gasteiger partial charge on any atom is 0.268 e. The highest BCUT2D eigenvalue weighted by Gasteiger charge is 2.29. The van der Waals surface area contributed by atoms with Gasteiger partial charge in [-0.1, -0.05) is 30.3 Å². The summed E-state index contributed by atoms with van der Waals surface area (Å²) in [4.78, 5) is 0.344. The standard InChI is InChI=1S/C24H25N3O2S/c1-25-15-18-16-27(24-19-9-4-3-7-17(19)8-5-10-20(18)24)30(28,29)23-12-6-11-22-21(23)13-14-26(22)2/h3-4,6-7,9,11-14,16,25H,5,8,10,15H2,1-2H3. The first-order chi connectivity index (χ1) is 14.5. The van der Waals surface area contributed by atoms with Gasteiger partial charge in [-0.05, 0) is 61.2 Å². The topological polar surface area (TPSA) is 56.0 Å². The zero-order valence-corrected chi connectivity index (χ0v) is 18.0. The molecular weight excluding hydrogens is 394 g/mol. The van der Waals surface area contributed by atoms with E-state index in [1.807, 2.05) is 61.4 Å². The highest BCUT2D eigenvalue weighted by atomic mass is 32.2. The first-order valence-corrected chi connectivity index (χ1v) is 11.7. The summed E-state index contributed by atoms with van der Waals surface area (Å²) in [6.07, 6.45) is 6.57. The summed E-state index contributed by atoms with van der Waals surface area (Å²) >= 11 is 0. The summed E-state index contributed by atoms with van der Waals surface area (Å²) < 4.78 is 31.5. The lowest BCUT2D eigenvalue weighted by atomic mass is 10.0. The lowest BCUT2D eigenvalue weighted by molar-refractivity contribution is 0.588. The number of rotatable bonds is 4. The molecule has 2 heterocycles. The molecule has 1 aliphatic carbocycles. The fourth-order valence-corrected chi connectivity index (χ4v) is 6.32. The number of nitrogens with zero attached hydrogens (tertiary/aromatic N) is 2. The van der Waals surface area contributed by atoms with Crippen LogP contribution in [0.4, 0.5) is 0 Å². The third kappa shape index (κ3) is 2.82. The number of benzene rings is 2. The van der Waals surface area contributed by atoms with E-state index in [0.717, 1.165) is 52.5 Å². The maximum atomic E-state index is 14.0. The summed E-state index contributed by atoms with van der Waals surface area (Å²) in [7, 11) is 0.0541. The van der Waals surface area contributed by atoms with Gasteiger partial charge in [0.15, 0.2) is 0 Å². The van der Waals surface area contributed by atoms with Gasteiger partial charge in [0.05, 0.1) is 10.6 Å². The first-order valence-electron chi connectivity index (χ1n) is 10.3. The van der Waals surface area contributed by atoms with Crippen molar-refractivity contribution in [3.63, 3.8) is 0 Å². The molecule has 30 heavy (non-hydrogen) atoms. The predicted octanol–water partition coefficient (Wildman–Crippen LogP) is 4.09. The second kappa shape index (κ2) is 7.15. The second-order valence-electron chi connectivity index (χ2n) is 7.94. The molecular formula is C24H25N3O2S. The Hall–Kier alpha value is -2.83.